The molecule has 170 valence electrons. The van der Waals surface area contributed by atoms with Gasteiger partial charge in [-0.1, -0.05) is 18.2 Å². The van der Waals surface area contributed by atoms with Gasteiger partial charge in [-0.05, 0) is 42.8 Å². The third kappa shape index (κ3) is 2.80. The molecule has 1 aromatic heterocycles. The van der Waals surface area contributed by atoms with E-state index in [2.05, 4.69) is 10.2 Å². The number of hydrogen-bond acceptors (Lipinski definition) is 8. The molecule has 10 heteroatoms. The number of carbonyl (C=O) groups excluding carboxylic acids is 2. The number of carboxylic acids is 1. The van der Waals surface area contributed by atoms with Gasteiger partial charge in [-0.2, -0.15) is 5.26 Å². The average molecular weight is 456 g/mol. The van der Waals surface area contributed by atoms with E-state index >= 15 is 0 Å². The summed E-state index contributed by atoms with van der Waals surface area (Å²) < 4.78 is 11.1. The zero-order valence-electron chi connectivity index (χ0n) is 18.0. The number of aliphatic carboxylic acids is 1. The van der Waals surface area contributed by atoms with Crippen molar-refractivity contribution in [1.29, 1.82) is 10.7 Å². The minimum absolute atomic E-state index is 0.0150. The smallest absolute Gasteiger partial charge is 0.244 e. The van der Waals surface area contributed by atoms with E-state index in [1.807, 2.05) is 13.0 Å². The summed E-state index contributed by atoms with van der Waals surface area (Å²) in [6.07, 6.45) is 0. The fraction of sp³-hybridized carbons (Fsp3) is 0.208. The normalized spacial score (nSPS) is 20.5. The molecule has 0 radical (unpaired) electrons. The summed E-state index contributed by atoms with van der Waals surface area (Å²) in [5.41, 5.74) is 0.342. The molecule has 3 heterocycles. The van der Waals surface area contributed by atoms with Crippen LogP contribution in [0.1, 0.15) is 18.1 Å². The number of fused-ring (bicyclic) bond motifs is 4. The molecule has 34 heavy (non-hydrogen) atoms. The van der Waals surface area contributed by atoms with Crippen LogP contribution in [0.5, 0.6) is 11.6 Å². The number of benzene rings is 2. The zero-order chi connectivity index (χ0) is 24.0. The molecule has 2 aliphatic rings. The molecular formula is C24H18N5O5-. The second-order valence-electron chi connectivity index (χ2n) is 7.85. The molecule has 2 atom stereocenters. The van der Waals surface area contributed by atoms with Crippen molar-refractivity contribution in [2.45, 2.75) is 12.3 Å². The summed E-state index contributed by atoms with van der Waals surface area (Å²) in [6.45, 7) is 1.68. The van der Waals surface area contributed by atoms with Gasteiger partial charge in [0.15, 0.2) is 0 Å². The van der Waals surface area contributed by atoms with Gasteiger partial charge in [-0.25, -0.2) is 0 Å². The predicted molar refractivity (Wildman–Crippen MR) is 117 cm³/mol. The molecule has 2 N–H and O–H groups in total. The topological polar surface area (TPSA) is 155 Å². The maximum Gasteiger partial charge on any atom is 0.244 e. The van der Waals surface area contributed by atoms with Gasteiger partial charge in [-0.3, -0.25) is 15.3 Å². The number of hydrogen-bond donors (Lipinski definition) is 2. The Kier molecular flexibility index (Phi) is 4.83. The Balaban J connectivity index is 1.80. The van der Waals surface area contributed by atoms with Crippen LogP contribution >= 0.6 is 0 Å². The lowest BCUT2D eigenvalue weighted by Gasteiger charge is -2.36. The van der Waals surface area contributed by atoms with Crippen molar-refractivity contribution in [2.75, 3.05) is 18.1 Å². The summed E-state index contributed by atoms with van der Waals surface area (Å²) in [6, 6.07) is 15.7. The van der Waals surface area contributed by atoms with Gasteiger partial charge in [-0.15, -0.1) is 5.10 Å². The first-order chi connectivity index (χ1) is 16.4. The third-order valence-electron chi connectivity index (χ3n) is 6.10. The van der Waals surface area contributed by atoms with Gasteiger partial charge < -0.3 is 24.3 Å². The molecule has 0 fully saturated rings. The number of amides is 1. The van der Waals surface area contributed by atoms with Crippen LogP contribution in [0.25, 0.3) is 11.3 Å². The summed E-state index contributed by atoms with van der Waals surface area (Å²) in [7, 11) is 0. The van der Waals surface area contributed by atoms with Crippen LogP contribution in [-0.2, 0) is 15.0 Å². The molecule has 1 amide bonds. The number of nitriles is 1. The van der Waals surface area contributed by atoms with Crippen LogP contribution in [0.2, 0.25) is 0 Å². The van der Waals surface area contributed by atoms with Crippen LogP contribution in [0.3, 0.4) is 0 Å². The SMILES string of the molecule is CCOc1ccc(-c2[nH]nc3c2C2(C(=O)N(CC(=O)[O-])c4ccccc42)C(C#N)C(=N)O3)cc1. The number of carboxylic acid groups (broad SMARTS) is 1. The third-order valence-corrected chi connectivity index (χ3v) is 6.10. The van der Waals surface area contributed by atoms with E-state index in [-0.39, 0.29) is 11.4 Å². The molecule has 0 bridgehead atoms. The Morgan fingerprint density at radius 3 is 2.74 bits per heavy atom. The molecule has 5 rings (SSSR count). The number of ether oxygens (including phenoxy) is 2. The Morgan fingerprint density at radius 2 is 2.06 bits per heavy atom. The van der Waals surface area contributed by atoms with Gasteiger partial charge in [0.05, 0.1) is 36.4 Å². The van der Waals surface area contributed by atoms with E-state index in [9.17, 15) is 20.0 Å². The Morgan fingerprint density at radius 1 is 1.32 bits per heavy atom. The highest BCUT2D eigenvalue weighted by Gasteiger charge is 2.64. The van der Waals surface area contributed by atoms with E-state index < -0.39 is 35.7 Å². The first-order valence-corrected chi connectivity index (χ1v) is 10.5. The molecule has 1 spiro atoms. The first kappa shape index (κ1) is 21.2. The van der Waals surface area contributed by atoms with E-state index in [0.29, 0.717) is 34.9 Å². The Labute approximate surface area is 193 Å². The highest BCUT2D eigenvalue weighted by molar-refractivity contribution is 6.16. The van der Waals surface area contributed by atoms with Gasteiger partial charge in [0.2, 0.25) is 17.7 Å². The van der Waals surface area contributed by atoms with Gasteiger partial charge in [0, 0.05) is 11.3 Å². The fourth-order valence-electron chi connectivity index (χ4n) is 4.80. The first-order valence-electron chi connectivity index (χ1n) is 10.5. The van der Waals surface area contributed by atoms with Crippen LogP contribution in [0, 0.1) is 22.7 Å². The molecular weight excluding hydrogens is 438 g/mol. The van der Waals surface area contributed by atoms with Crippen molar-refractivity contribution < 1.29 is 24.2 Å². The summed E-state index contributed by atoms with van der Waals surface area (Å²) in [5.74, 6) is -3.26. The van der Waals surface area contributed by atoms with E-state index in [0.717, 1.165) is 4.90 Å². The minimum atomic E-state index is -1.73. The number of H-pyrrole nitrogens is 1. The van der Waals surface area contributed by atoms with Gasteiger partial charge >= 0.3 is 0 Å². The molecule has 0 saturated heterocycles. The van der Waals surface area contributed by atoms with Crippen molar-refractivity contribution >= 4 is 23.5 Å². The van der Waals surface area contributed by atoms with Crippen LogP contribution in [0.15, 0.2) is 48.5 Å². The average Bonchev–Trinajstić information content (AvgIpc) is 3.34. The van der Waals surface area contributed by atoms with Crippen molar-refractivity contribution in [3.63, 3.8) is 0 Å². The molecule has 0 aliphatic carbocycles. The van der Waals surface area contributed by atoms with Gasteiger partial charge in [0.25, 0.3) is 0 Å². The number of anilines is 1. The maximum atomic E-state index is 14.0. The molecule has 2 unspecified atom stereocenters. The molecule has 3 aromatic rings. The van der Waals surface area contributed by atoms with Crippen molar-refractivity contribution in [2.24, 2.45) is 5.92 Å². The second-order valence-corrected chi connectivity index (χ2v) is 7.85. The lowest BCUT2D eigenvalue weighted by atomic mass is 9.65. The zero-order valence-corrected chi connectivity index (χ0v) is 18.0. The molecule has 2 aromatic carbocycles. The van der Waals surface area contributed by atoms with Crippen molar-refractivity contribution in [3.8, 4) is 29.0 Å². The lowest BCUT2D eigenvalue weighted by Crippen LogP contribution is -2.53. The number of aromatic amines is 1. The lowest BCUT2D eigenvalue weighted by molar-refractivity contribution is -0.303. The minimum Gasteiger partial charge on any atom is -0.548 e. The molecule has 2 aliphatic heterocycles. The predicted octanol–water partition coefficient (Wildman–Crippen LogP) is 1.37. The number of nitrogens with zero attached hydrogens (tertiary/aromatic N) is 3. The van der Waals surface area contributed by atoms with E-state index in [1.165, 1.54) is 0 Å². The van der Waals surface area contributed by atoms with Crippen LogP contribution in [-0.4, -0.2) is 41.1 Å². The summed E-state index contributed by atoms with van der Waals surface area (Å²) >= 11 is 0. The number of para-hydroxylation sites is 1. The Hall–Kier alpha value is -4.65. The van der Waals surface area contributed by atoms with E-state index in [1.54, 1.807) is 48.5 Å². The number of aromatic nitrogens is 2. The molecule has 10 nitrogen and oxygen atoms in total. The van der Waals surface area contributed by atoms with Gasteiger partial charge in [0.1, 0.15) is 17.1 Å². The quantitative estimate of drug-likeness (QED) is 0.587. The highest BCUT2D eigenvalue weighted by atomic mass is 16.5. The van der Waals surface area contributed by atoms with Crippen molar-refractivity contribution in [1.82, 2.24) is 10.2 Å². The Bertz CT molecular complexity index is 1370. The van der Waals surface area contributed by atoms with Crippen LogP contribution in [0.4, 0.5) is 5.69 Å². The maximum absolute atomic E-state index is 14.0. The number of rotatable bonds is 5. The summed E-state index contributed by atoms with van der Waals surface area (Å²) in [5, 5.41) is 37.1. The standard InChI is InChI=1S/C24H19N5O5/c1-2-33-14-9-7-13(8-10-14)20-19-22(28-27-20)34-21(26)16(11-25)24(19)15-5-3-4-6-17(15)29(23(24)32)12-18(30)31/h3-10,16,26H,2,12H2,1H3,(H,27,28)(H,30,31)/p-1. The summed E-state index contributed by atoms with van der Waals surface area (Å²) in [4.78, 5) is 26.6. The second kappa shape index (κ2) is 7.74. The van der Waals surface area contributed by atoms with E-state index in [4.69, 9.17) is 14.9 Å². The van der Waals surface area contributed by atoms with Crippen LogP contribution < -0.4 is 19.5 Å². The number of carbonyl (C=O) groups is 2. The highest BCUT2D eigenvalue weighted by Crippen LogP contribution is 2.57. The molecule has 0 saturated carbocycles. The number of nitrogens with one attached hydrogen (secondary N) is 2. The fourth-order valence-corrected chi connectivity index (χ4v) is 4.80. The van der Waals surface area contributed by atoms with Crippen molar-refractivity contribution in [3.05, 3.63) is 59.7 Å². The monoisotopic (exact) mass is 456 g/mol. The largest absolute Gasteiger partial charge is 0.548 e.